The SMILES string of the molecule is CC(CC(=O)N1C2CC3CC1CC(CC(=O)O)(C3)C2)c1c[nH]c2ccc(Cl)c(Br)c12. The number of nitrogens with one attached hydrogen (secondary N) is 1. The predicted octanol–water partition coefficient (Wildman–Crippen LogP) is 5.71. The van der Waals surface area contributed by atoms with E-state index in [0.29, 0.717) is 17.4 Å². The predicted molar refractivity (Wildman–Crippen MR) is 120 cm³/mol. The normalized spacial score (nSPS) is 30.8. The van der Waals surface area contributed by atoms with Crippen molar-refractivity contribution in [2.45, 2.75) is 69.9 Å². The second kappa shape index (κ2) is 7.27. The van der Waals surface area contributed by atoms with Crippen LogP contribution in [0.2, 0.25) is 5.02 Å². The van der Waals surface area contributed by atoms with Crippen molar-refractivity contribution in [2.75, 3.05) is 0 Å². The Hall–Kier alpha value is -1.53. The summed E-state index contributed by atoms with van der Waals surface area (Å²) >= 11 is 9.91. The third kappa shape index (κ3) is 3.27. The highest BCUT2D eigenvalue weighted by Gasteiger charge is 2.56. The number of carboxylic acid groups (broad SMARTS) is 1. The molecule has 3 heterocycles. The third-order valence-corrected chi connectivity index (χ3v) is 9.02. The Morgan fingerprint density at radius 3 is 2.67 bits per heavy atom. The van der Waals surface area contributed by atoms with Crippen LogP contribution in [0.15, 0.2) is 22.8 Å². The van der Waals surface area contributed by atoms with Crippen LogP contribution in [0.25, 0.3) is 10.9 Å². The standard InChI is InChI=1S/C23H26BrClN2O3/c1-12(16-11-26-18-3-2-17(25)22(24)21(16)18)4-19(28)27-14-5-13-6-15(27)9-23(7-13,8-14)10-20(29)30/h2-3,11-15,26H,4-10H2,1H3,(H,29,30). The summed E-state index contributed by atoms with van der Waals surface area (Å²) in [5, 5.41) is 11.1. The van der Waals surface area contributed by atoms with E-state index in [9.17, 15) is 14.7 Å². The lowest BCUT2D eigenvalue weighted by Crippen LogP contribution is -2.63. The van der Waals surface area contributed by atoms with Gasteiger partial charge in [0.2, 0.25) is 5.91 Å². The first-order chi connectivity index (χ1) is 14.3. The van der Waals surface area contributed by atoms with Crippen molar-refractivity contribution in [2.24, 2.45) is 11.3 Å². The molecule has 3 unspecified atom stereocenters. The van der Waals surface area contributed by atoms with Crippen molar-refractivity contribution >= 4 is 50.3 Å². The van der Waals surface area contributed by atoms with Crippen LogP contribution in [-0.4, -0.2) is 39.0 Å². The van der Waals surface area contributed by atoms with Gasteiger partial charge < -0.3 is 15.0 Å². The molecular formula is C23H26BrClN2O3. The molecule has 7 heteroatoms. The zero-order chi connectivity index (χ0) is 21.2. The van der Waals surface area contributed by atoms with E-state index < -0.39 is 5.97 Å². The molecule has 5 nitrogen and oxygen atoms in total. The van der Waals surface area contributed by atoms with Gasteiger partial charge >= 0.3 is 5.97 Å². The van der Waals surface area contributed by atoms with Gasteiger partial charge in [0.1, 0.15) is 0 Å². The molecule has 30 heavy (non-hydrogen) atoms. The number of halogens is 2. The maximum Gasteiger partial charge on any atom is 0.303 e. The Morgan fingerprint density at radius 1 is 1.30 bits per heavy atom. The number of rotatable bonds is 5. The molecule has 2 saturated carbocycles. The highest BCUT2D eigenvalue weighted by Crippen LogP contribution is 2.58. The zero-order valence-corrected chi connectivity index (χ0v) is 19.3. The summed E-state index contributed by atoms with van der Waals surface area (Å²) in [6.07, 6.45) is 7.47. The molecule has 2 N–H and O–H groups in total. The quantitative estimate of drug-likeness (QED) is 0.560. The van der Waals surface area contributed by atoms with Crippen molar-refractivity contribution in [1.29, 1.82) is 0 Å². The summed E-state index contributed by atoms with van der Waals surface area (Å²) in [7, 11) is 0. The summed E-state index contributed by atoms with van der Waals surface area (Å²) in [6, 6.07) is 4.24. The number of carbonyl (C=O) groups is 2. The molecule has 6 rings (SSSR count). The van der Waals surface area contributed by atoms with Gasteiger partial charge in [0.25, 0.3) is 0 Å². The van der Waals surface area contributed by atoms with Crippen LogP contribution >= 0.6 is 27.5 Å². The summed E-state index contributed by atoms with van der Waals surface area (Å²) in [4.78, 5) is 30.3. The van der Waals surface area contributed by atoms with Crippen molar-refractivity contribution in [3.8, 4) is 0 Å². The molecule has 0 radical (unpaired) electrons. The van der Waals surface area contributed by atoms with Crippen molar-refractivity contribution < 1.29 is 14.7 Å². The van der Waals surface area contributed by atoms with E-state index in [4.69, 9.17) is 11.6 Å². The molecule has 4 fully saturated rings. The third-order valence-electron chi connectivity index (χ3n) is 7.65. The fourth-order valence-electron chi connectivity index (χ4n) is 6.77. The Kier molecular flexibility index (Phi) is 4.93. The van der Waals surface area contributed by atoms with Gasteiger partial charge in [-0.25, -0.2) is 0 Å². The monoisotopic (exact) mass is 492 g/mol. The van der Waals surface area contributed by atoms with Gasteiger partial charge in [-0.05, 0) is 83.0 Å². The van der Waals surface area contributed by atoms with Crippen molar-refractivity contribution in [3.63, 3.8) is 0 Å². The van der Waals surface area contributed by atoms with Crippen LogP contribution in [-0.2, 0) is 9.59 Å². The van der Waals surface area contributed by atoms with Gasteiger partial charge in [0.05, 0.1) is 11.4 Å². The molecule has 1 amide bonds. The minimum Gasteiger partial charge on any atom is -0.481 e. The Morgan fingerprint density at radius 2 is 2.00 bits per heavy atom. The first-order valence-corrected chi connectivity index (χ1v) is 11.9. The minimum absolute atomic E-state index is 0.0613. The number of carbonyl (C=O) groups excluding carboxylic acids is 1. The van der Waals surface area contributed by atoms with Gasteiger partial charge in [-0.3, -0.25) is 9.59 Å². The van der Waals surface area contributed by atoms with Gasteiger partial charge in [-0.1, -0.05) is 18.5 Å². The lowest BCUT2D eigenvalue weighted by molar-refractivity contribution is -0.163. The lowest BCUT2D eigenvalue weighted by Gasteiger charge is -2.61. The number of piperidine rings is 2. The number of fused-ring (bicyclic) bond motifs is 1. The largest absolute Gasteiger partial charge is 0.481 e. The van der Waals surface area contributed by atoms with Gasteiger partial charge in [0.15, 0.2) is 0 Å². The summed E-state index contributed by atoms with van der Waals surface area (Å²) in [5.41, 5.74) is 2.01. The molecule has 2 aliphatic carbocycles. The highest BCUT2D eigenvalue weighted by atomic mass is 79.9. The smallest absolute Gasteiger partial charge is 0.303 e. The average Bonchev–Trinajstić information content (AvgIpc) is 3.07. The molecule has 4 bridgehead atoms. The fraction of sp³-hybridized carbons (Fsp3) is 0.565. The van der Waals surface area contributed by atoms with Crippen LogP contribution in [0.4, 0.5) is 0 Å². The number of nitrogens with zero attached hydrogens (tertiary/aromatic N) is 1. The number of aliphatic carboxylic acids is 1. The average molecular weight is 494 g/mol. The topological polar surface area (TPSA) is 73.4 Å². The molecular weight excluding hydrogens is 468 g/mol. The van der Waals surface area contributed by atoms with E-state index >= 15 is 0 Å². The summed E-state index contributed by atoms with van der Waals surface area (Å²) in [5.74, 6) is 0.141. The number of H-pyrrole nitrogens is 1. The first kappa shape index (κ1) is 20.4. The first-order valence-electron chi connectivity index (χ1n) is 10.7. The molecule has 160 valence electrons. The number of benzene rings is 1. The van der Waals surface area contributed by atoms with Crippen LogP contribution in [0.3, 0.4) is 0 Å². The fourth-order valence-corrected chi connectivity index (χ4v) is 7.51. The molecule has 1 aromatic carbocycles. The highest BCUT2D eigenvalue weighted by molar-refractivity contribution is 9.10. The second-order valence-corrected chi connectivity index (χ2v) is 11.0. The molecule has 2 aromatic rings. The van der Waals surface area contributed by atoms with Crippen LogP contribution in [0.1, 0.15) is 63.4 Å². The molecule has 3 atom stereocenters. The molecule has 2 aliphatic heterocycles. The van der Waals surface area contributed by atoms with Gasteiger partial charge in [0, 0.05) is 40.1 Å². The molecule has 0 spiro atoms. The molecule has 1 aromatic heterocycles. The number of hydrogen-bond acceptors (Lipinski definition) is 2. The van der Waals surface area contributed by atoms with Crippen LogP contribution < -0.4 is 0 Å². The van der Waals surface area contributed by atoms with Gasteiger partial charge in [-0.15, -0.1) is 0 Å². The number of amides is 1. The Labute approximate surface area is 189 Å². The van der Waals surface area contributed by atoms with Crippen LogP contribution in [0.5, 0.6) is 0 Å². The van der Waals surface area contributed by atoms with E-state index in [1.807, 2.05) is 18.3 Å². The maximum atomic E-state index is 13.4. The number of aromatic amines is 1. The Bertz CT molecular complexity index is 1020. The molecule has 2 saturated heterocycles. The Balaban J connectivity index is 1.36. The van der Waals surface area contributed by atoms with Crippen molar-refractivity contribution in [3.05, 3.63) is 33.4 Å². The molecule has 4 aliphatic rings. The number of hydrogen-bond donors (Lipinski definition) is 2. The second-order valence-electron chi connectivity index (χ2n) is 9.76. The number of aromatic nitrogens is 1. The lowest BCUT2D eigenvalue weighted by atomic mass is 9.54. The van der Waals surface area contributed by atoms with Crippen LogP contribution in [0, 0.1) is 11.3 Å². The maximum absolute atomic E-state index is 13.4. The summed E-state index contributed by atoms with van der Waals surface area (Å²) < 4.78 is 0.864. The summed E-state index contributed by atoms with van der Waals surface area (Å²) in [6.45, 7) is 2.09. The van der Waals surface area contributed by atoms with E-state index in [-0.39, 0.29) is 35.7 Å². The van der Waals surface area contributed by atoms with Crippen molar-refractivity contribution in [1.82, 2.24) is 9.88 Å². The van der Waals surface area contributed by atoms with E-state index in [1.54, 1.807) is 0 Å². The van der Waals surface area contributed by atoms with E-state index in [0.717, 1.165) is 53.0 Å². The van der Waals surface area contributed by atoms with E-state index in [1.165, 1.54) is 0 Å². The van der Waals surface area contributed by atoms with Gasteiger partial charge in [-0.2, -0.15) is 0 Å². The zero-order valence-electron chi connectivity index (χ0n) is 17.0. The minimum atomic E-state index is -0.702. The van der Waals surface area contributed by atoms with E-state index in [2.05, 4.69) is 32.7 Å². The number of carboxylic acids is 1.